The van der Waals surface area contributed by atoms with Crippen LogP contribution in [0.4, 0.5) is 0 Å². The minimum atomic E-state index is -0.684. The number of aromatic amines is 1. The standard InChI is InChI=1S/C16H14N4O4S/c1-24-13(22)8-17-16(23)14-11(21)7-12(20-15(14)18-9-19-20)25-10-5-3-2-4-6-10/h2-7,9H,8H2,1H3,(H,17,23)(H,18,19). The van der Waals surface area contributed by atoms with E-state index in [4.69, 9.17) is 0 Å². The number of esters is 1. The molecule has 0 aliphatic rings. The van der Waals surface area contributed by atoms with Gasteiger partial charge in [-0.25, -0.2) is 9.50 Å². The zero-order valence-electron chi connectivity index (χ0n) is 13.2. The lowest BCUT2D eigenvalue weighted by Crippen LogP contribution is -2.34. The van der Waals surface area contributed by atoms with Crippen LogP contribution < -0.4 is 10.7 Å². The van der Waals surface area contributed by atoms with Crippen LogP contribution in [0.15, 0.2) is 57.4 Å². The molecule has 2 heterocycles. The number of hydrogen-bond acceptors (Lipinski definition) is 6. The van der Waals surface area contributed by atoms with Gasteiger partial charge >= 0.3 is 5.97 Å². The number of H-pyrrole nitrogens is 1. The fourth-order valence-electron chi connectivity index (χ4n) is 2.18. The highest BCUT2D eigenvalue weighted by Crippen LogP contribution is 2.26. The van der Waals surface area contributed by atoms with E-state index in [0.717, 1.165) is 4.90 Å². The molecular formula is C16H14N4O4S. The van der Waals surface area contributed by atoms with Crippen molar-refractivity contribution >= 4 is 29.3 Å². The van der Waals surface area contributed by atoms with Gasteiger partial charge in [-0.3, -0.25) is 19.5 Å². The minimum Gasteiger partial charge on any atom is -0.468 e. The quantitative estimate of drug-likeness (QED) is 0.661. The van der Waals surface area contributed by atoms with Crippen LogP contribution in [-0.2, 0) is 9.53 Å². The van der Waals surface area contributed by atoms with Gasteiger partial charge < -0.3 is 10.1 Å². The Morgan fingerprint density at radius 2 is 2.08 bits per heavy atom. The second kappa shape index (κ2) is 7.22. The summed E-state index contributed by atoms with van der Waals surface area (Å²) >= 11 is 1.36. The molecule has 0 aliphatic heterocycles. The first-order valence-corrected chi connectivity index (χ1v) is 8.09. The van der Waals surface area contributed by atoms with E-state index in [9.17, 15) is 14.4 Å². The lowest BCUT2D eigenvalue weighted by molar-refractivity contribution is -0.139. The summed E-state index contributed by atoms with van der Waals surface area (Å²) in [6, 6.07) is 10.9. The summed E-state index contributed by atoms with van der Waals surface area (Å²) in [5.74, 6) is -1.29. The zero-order chi connectivity index (χ0) is 17.8. The maximum Gasteiger partial charge on any atom is 0.325 e. The number of amides is 1. The van der Waals surface area contributed by atoms with E-state index in [1.165, 1.54) is 31.3 Å². The van der Waals surface area contributed by atoms with Crippen LogP contribution in [-0.4, -0.2) is 40.1 Å². The topological polar surface area (TPSA) is 106 Å². The van der Waals surface area contributed by atoms with Gasteiger partial charge in [0, 0.05) is 11.0 Å². The summed E-state index contributed by atoms with van der Waals surface area (Å²) in [6.07, 6.45) is 1.39. The lowest BCUT2D eigenvalue weighted by Gasteiger charge is -2.08. The molecule has 0 saturated carbocycles. The Balaban J connectivity index is 1.97. The fraction of sp³-hybridized carbons (Fsp3) is 0.125. The SMILES string of the molecule is COC(=O)CNC(=O)c1c(=O)cc(Sc2ccccc2)n2[nH]cnc12. The average Bonchev–Trinajstić information content (AvgIpc) is 3.10. The summed E-state index contributed by atoms with van der Waals surface area (Å²) in [7, 11) is 1.21. The summed E-state index contributed by atoms with van der Waals surface area (Å²) in [5, 5.41) is 5.83. The first-order valence-electron chi connectivity index (χ1n) is 7.27. The van der Waals surface area contributed by atoms with Crippen molar-refractivity contribution in [3.63, 3.8) is 0 Å². The average molecular weight is 358 g/mol. The van der Waals surface area contributed by atoms with Crippen molar-refractivity contribution in [2.45, 2.75) is 9.92 Å². The second-order valence-electron chi connectivity index (χ2n) is 4.94. The first-order chi connectivity index (χ1) is 12.1. The van der Waals surface area contributed by atoms with Gasteiger partial charge in [-0.1, -0.05) is 30.0 Å². The van der Waals surface area contributed by atoms with Crippen molar-refractivity contribution in [3.8, 4) is 0 Å². The van der Waals surface area contributed by atoms with E-state index in [2.05, 4.69) is 20.1 Å². The fourth-order valence-corrected chi connectivity index (χ4v) is 3.11. The number of ether oxygens (including phenoxy) is 1. The van der Waals surface area contributed by atoms with Crippen LogP contribution in [0, 0.1) is 0 Å². The molecule has 8 nitrogen and oxygen atoms in total. The number of methoxy groups -OCH3 is 1. The number of hydrogen-bond donors (Lipinski definition) is 2. The number of aromatic nitrogens is 3. The van der Waals surface area contributed by atoms with Gasteiger partial charge in [0.25, 0.3) is 5.91 Å². The number of carbonyl (C=O) groups excluding carboxylic acids is 2. The molecule has 3 rings (SSSR count). The third-order valence-electron chi connectivity index (χ3n) is 3.34. The van der Waals surface area contributed by atoms with Crippen LogP contribution in [0.1, 0.15) is 10.4 Å². The predicted molar refractivity (Wildman–Crippen MR) is 90.7 cm³/mol. The summed E-state index contributed by atoms with van der Waals surface area (Å²) in [4.78, 5) is 40.9. The minimum absolute atomic E-state index is 0.137. The number of nitrogens with zero attached hydrogens (tertiary/aromatic N) is 2. The van der Waals surface area contributed by atoms with E-state index in [-0.39, 0.29) is 17.8 Å². The molecule has 0 bridgehead atoms. The van der Waals surface area contributed by atoms with E-state index in [0.29, 0.717) is 5.03 Å². The zero-order valence-corrected chi connectivity index (χ0v) is 14.0. The van der Waals surface area contributed by atoms with Crippen molar-refractivity contribution in [3.05, 3.63) is 58.5 Å². The van der Waals surface area contributed by atoms with Gasteiger partial charge in [-0.05, 0) is 12.1 Å². The molecule has 128 valence electrons. The van der Waals surface area contributed by atoms with Crippen molar-refractivity contribution in [1.82, 2.24) is 19.9 Å². The van der Waals surface area contributed by atoms with E-state index >= 15 is 0 Å². The number of benzene rings is 1. The highest BCUT2D eigenvalue weighted by molar-refractivity contribution is 7.99. The van der Waals surface area contributed by atoms with Gasteiger partial charge in [0.15, 0.2) is 11.1 Å². The molecule has 1 aromatic carbocycles. The van der Waals surface area contributed by atoms with Gasteiger partial charge in [0.1, 0.15) is 23.5 Å². The summed E-state index contributed by atoms with van der Waals surface area (Å²) in [6.45, 7) is -0.328. The first kappa shape index (κ1) is 16.8. The number of rotatable bonds is 5. The smallest absolute Gasteiger partial charge is 0.325 e. The Morgan fingerprint density at radius 1 is 1.32 bits per heavy atom. The highest BCUT2D eigenvalue weighted by Gasteiger charge is 2.20. The third-order valence-corrected chi connectivity index (χ3v) is 4.36. The number of carbonyl (C=O) groups is 2. The number of fused-ring (bicyclic) bond motifs is 1. The van der Waals surface area contributed by atoms with Gasteiger partial charge in [0.05, 0.1) is 7.11 Å². The third kappa shape index (κ3) is 3.56. The van der Waals surface area contributed by atoms with Gasteiger partial charge in [-0.15, -0.1) is 0 Å². The maximum atomic E-state index is 12.4. The molecule has 2 N–H and O–H groups in total. The van der Waals surface area contributed by atoms with Crippen molar-refractivity contribution < 1.29 is 14.3 Å². The van der Waals surface area contributed by atoms with Crippen LogP contribution in [0.25, 0.3) is 5.65 Å². The Morgan fingerprint density at radius 3 is 2.80 bits per heavy atom. The molecule has 0 atom stereocenters. The monoisotopic (exact) mass is 358 g/mol. The number of pyridine rings is 1. The van der Waals surface area contributed by atoms with Crippen LogP contribution in [0.2, 0.25) is 0 Å². The largest absolute Gasteiger partial charge is 0.468 e. The molecular weight excluding hydrogens is 344 g/mol. The Kier molecular flexibility index (Phi) is 4.85. The van der Waals surface area contributed by atoms with Crippen molar-refractivity contribution in [1.29, 1.82) is 0 Å². The molecule has 3 aromatic rings. The molecule has 0 fully saturated rings. The van der Waals surface area contributed by atoms with E-state index in [1.807, 2.05) is 30.3 Å². The van der Waals surface area contributed by atoms with E-state index in [1.54, 1.807) is 4.52 Å². The molecule has 1 amide bonds. The molecule has 0 saturated heterocycles. The number of nitrogens with one attached hydrogen (secondary N) is 2. The predicted octanol–water partition coefficient (Wildman–Crippen LogP) is 1.08. The normalized spacial score (nSPS) is 10.6. The molecule has 0 radical (unpaired) electrons. The van der Waals surface area contributed by atoms with Crippen LogP contribution >= 0.6 is 11.8 Å². The molecule has 25 heavy (non-hydrogen) atoms. The maximum absolute atomic E-state index is 12.4. The van der Waals surface area contributed by atoms with Gasteiger partial charge in [0.2, 0.25) is 0 Å². The Labute approximate surface area is 146 Å². The Bertz CT molecular complexity index is 981. The second-order valence-corrected chi connectivity index (χ2v) is 6.04. The molecule has 0 unspecified atom stereocenters. The summed E-state index contributed by atoms with van der Waals surface area (Å²) < 4.78 is 6.01. The molecule has 0 spiro atoms. The van der Waals surface area contributed by atoms with Crippen LogP contribution in [0.5, 0.6) is 0 Å². The van der Waals surface area contributed by atoms with Crippen molar-refractivity contribution in [2.75, 3.05) is 13.7 Å². The highest BCUT2D eigenvalue weighted by atomic mass is 32.2. The van der Waals surface area contributed by atoms with Gasteiger partial charge in [-0.2, -0.15) is 0 Å². The lowest BCUT2D eigenvalue weighted by atomic mass is 10.2. The molecule has 2 aromatic heterocycles. The molecule has 9 heteroatoms. The van der Waals surface area contributed by atoms with Crippen LogP contribution in [0.3, 0.4) is 0 Å². The Hall–Kier alpha value is -3.07. The van der Waals surface area contributed by atoms with E-state index < -0.39 is 17.3 Å². The van der Waals surface area contributed by atoms with Crippen molar-refractivity contribution in [2.24, 2.45) is 0 Å². The summed E-state index contributed by atoms with van der Waals surface area (Å²) in [5.41, 5.74) is -0.427. The molecule has 0 aliphatic carbocycles.